The van der Waals surface area contributed by atoms with Gasteiger partial charge in [-0.25, -0.2) is 12.7 Å². The Morgan fingerprint density at radius 1 is 1.10 bits per heavy atom. The first-order chi connectivity index (χ1) is 9.80. The summed E-state index contributed by atoms with van der Waals surface area (Å²) in [4.78, 5) is 0.203. The summed E-state index contributed by atoms with van der Waals surface area (Å²) in [5.41, 5.74) is 7.82. The molecule has 0 aromatic heterocycles. The number of benzene rings is 2. The fraction of sp³-hybridized carbons (Fsp3) is 0.143. The van der Waals surface area contributed by atoms with Gasteiger partial charge in [-0.2, -0.15) is 0 Å². The molecule has 0 bridgehead atoms. The number of halogens is 1. The Morgan fingerprint density at radius 2 is 1.71 bits per heavy atom. The summed E-state index contributed by atoms with van der Waals surface area (Å²) >= 11 is 2.22. The van der Waals surface area contributed by atoms with E-state index in [2.05, 4.69) is 27.9 Å². The molecule has 0 aliphatic carbocycles. The molecule has 0 heterocycles. The van der Waals surface area contributed by atoms with Crippen LogP contribution in [0.15, 0.2) is 47.4 Å². The average molecular weight is 417 g/mol. The third-order valence-corrected chi connectivity index (χ3v) is 5.46. The van der Waals surface area contributed by atoms with Crippen LogP contribution >= 0.6 is 22.6 Å². The second kappa shape index (κ2) is 6.20. The lowest BCUT2D eigenvalue weighted by atomic mass is 10.2. The topological polar surface area (TPSA) is 75.4 Å². The number of rotatable bonds is 4. The molecule has 0 atom stereocenters. The maximum atomic E-state index is 12.1. The minimum atomic E-state index is -3.48. The van der Waals surface area contributed by atoms with E-state index in [4.69, 9.17) is 5.73 Å². The zero-order chi connectivity index (χ0) is 15.6. The van der Waals surface area contributed by atoms with E-state index in [1.54, 1.807) is 12.1 Å². The van der Waals surface area contributed by atoms with E-state index in [0.717, 1.165) is 9.26 Å². The quantitative estimate of drug-likeness (QED) is 0.593. The molecule has 21 heavy (non-hydrogen) atoms. The van der Waals surface area contributed by atoms with Gasteiger partial charge in [0.2, 0.25) is 10.0 Å². The molecular formula is C14H16IN3O2S. The van der Waals surface area contributed by atoms with Crippen LogP contribution in [0.25, 0.3) is 0 Å². The van der Waals surface area contributed by atoms with Crippen LogP contribution in [-0.2, 0) is 10.0 Å². The van der Waals surface area contributed by atoms with Gasteiger partial charge < -0.3 is 11.1 Å². The van der Waals surface area contributed by atoms with Crippen molar-refractivity contribution in [3.63, 3.8) is 0 Å². The summed E-state index contributed by atoms with van der Waals surface area (Å²) in [6.07, 6.45) is 0. The number of nitrogens with zero attached hydrogens (tertiary/aromatic N) is 1. The third-order valence-electron chi connectivity index (χ3n) is 2.93. The van der Waals surface area contributed by atoms with Gasteiger partial charge in [-0.1, -0.05) is 0 Å². The first-order valence-electron chi connectivity index (χ1n) is 6.15. The van der Waals surface area contributed by atoms with Crippen LogP contribution in [0.2, 0.25) is 0 Å². The Balaban J connectivity index is 2.38. The van der Waals surface area contributed by atoms with Crippen molar-refractivity contribution in [3.8, 4) is 0 Å². The highest BCUT2D eigenvalue weighted by Crippen LogP contribution is 2.27. The van der Waals surface area contributed by atoms with Gasteiger partial charge >= 0.3 is 0 Å². The smallest absolute Gasteiger partial charge is 0.242 e. The maximum absolute atomic E-state index is 12.1. The number of nitrogen functional groups attached to an aromatic ring is 1. The van der Waals surface area contributed by atoms with Gasteiger partial charge in [0, 0.05) is 23.4 Å². The number of anilines is 3. The molecule has 0 unspecified atom stereocenters. The molecule has 2 rings (SSSR count). The lowest BCUT2D eigenvalue weighted by Gasteiger charge is -2.14. The van der Waals surface area contributed by atoms with E-state index in [9.17, 15) is 8.42 Å². The fourth-order valence-electron chi connectivity index (χ4n) is 1.70. The van der Waals surface area contributed by atoms with E-state index in [1.807, 2.05) is 24.3 Å². The summed E-state index contributed by atoms with van der Waals surface area (Å²) in [6, 6.07) is 12.4. The lowest BCUT2D eigenvalue weighted by Crippen LogP contribution is -2.22. The van der Waals surface area contributed by atoms with E-state index in [-0.39, 0.29) is 4.90 Å². The zero-order valence-electron chi connectivity index (χ0n) is 11.7. The second-order valence-electron chi connectivity index (χ2n) is 4.67. The van der Waals surface area contributed by atoms with Crippen LogP contribution in [0, 0.1) is 3.57 Å². The molecule has 5 nitrogen and oxygen atoms in total. The molecule has 0 amide bonds. The van der Waals surface area contributed by atoms with Crippen molar-refractivity contribution in [2.45, 2.75) is 4.90 Å². The summed E-state index contributed by atoms with van der Waals surface area (Å²) in [6.45, 7) is 0. The summed E-state index contributed by atoms with van der Waals surface area (Å²) < 4.78 is 26.6. The molecule has 0 aliphatic rings. The van der Waals surface area contributed by atoms with Gasteiger partial charge in [-0.3, -0.25) is 0 Å². The predicted molar refractivity (Wildman–Crippen MR) is 94.2 cm³/mol. The van der Waals surface area contributed by atoms with Crippen molar-refractivity contribution >= 4 is 49.7 Å². The van der Waals surface area contributed by atoms with Crippen molar-refractivity contribution in [1.29, 1.82) is 0 Å². The minimum absolute atomic E-state index is 0.203. The van der Waals surface area contributed by atoms with Gasteiger partial charge in [0.25, 0.3) is 0 Å². The molecule has 0 saturated heterocycles. The standard InChI is InChI=1S/C14H16IN3O2S/c1-18(2)21(19,20)12-7-8-13(16)14(9-12)17-11-5-3-10(15)4-6-11/h3-9,17H,16H2,1-2H3. The summed E-state index contributed by atoms with van der Waals surface area (Å²) in [7, 11) is -0.483. The van der Waals surface area contributed by atoms with Crippen LogP contribution in [0.4, 0.5) is 17.1 Å². The number of nitrogens with two attached hydrogens (primary N) is 1. The first kappa shape index (κ1) is 16.1. The van der Waals surface area contributed by atoms with E-state index < -0.39 is 10.0 Å². The van der Waals surface area contributed by atoms with Crippen molar-refractivity contribution in [1.82, 2.24) is 4.31 Å². The van der Waals surface area contributed by atoms with Crippen molar-refractivity contribution in [2.75, 3.05) is 25.1 Å². The molecule has 0 radical (unpaired) electrons. The van der Waals surface area contributed by atoms with Gasteiger partial charge in [0.05, 0.1) is 16.3 Å². The molecule has 0 fully saturated rings. The normalized spacial score (nSPS) is 11.6. The molecular weight excluding hydrogens is 401 g/mol. The molecule has 2 aromatic rings. The Bertz CT molecular complexity index is 743. The summed E-state index contributed by atoms with van der Waals surface area (Å²) in [5.74, 6) is 0. The van der Waals surface area contributed by atoms with Crippen LogP contribution in [-0.4, -0.2) is 26.8 Å². The molecule has 0 spiro atoms. The van der Waals surface area contributed by atoms with E-state index in [0.29, 0.717) is 11.4 Å². The Labute approximate surface area is 138 Å². The number of sulfonamides is 1. The molecule has 7 heteroatoms. The van der Waals surface area contributed by atoms with Crippen LogP contribution in [0.5, 0.6) is 0 Å². The van der Waals surface area contributed by atoms with Crippen LogP contribution in [0.1, 0.15) is 0 Å². The Kier molecular flexibility index (Phi) is 4.74. The first-order valence-corrected chi connectivity index (χ1v) is 8.67. The second-order valence-corrected chi connectivity index (χ2v) is 8.07. The van der Waals surface area contributed by atoms with Gasteiger partial charge in [0.1, 0.15) is 0 Å². The van der Waals surface area contributed by atoms with Gasteiger partial charge in [-0.15, -0.1) is 0 Å². The van der Waals surface area contributed by atoms with Crippen molar-refractivity contribution in [3.05, 3.63) is 46.0 Å². The highest BCUT2D eigenvalue weighted by Gasteiger charge is 2.18. The fourth-order valence-corrected chi connectivity index (χ4v) is 2.99. The highest BCUT2D eigenvalue weighted by molar-refractivity contribution is 14.1. The minimum Gasteiger partial charge on any atom is -0.397 e. The largest absolute Gasteiger partial charge is 0.397 e. The van der Waals surface area contributed by atoms with E-state index in [1.165, 1.54) is 24.5 Å². The van der Waals surface area contributed by atoms with Crippen molar-refractivity contribution < 1.29 is 8.42 Å². The Morgan fingerprint density at radius 3 is 2.29 bits per heavy atom. The average Bonchev–Trinajstić information content (AvgIpc) is 2.43. The molecule has 3 N–H and O–H groups in total. The number of hydrogen-bond acceptors (Lipinski definition) is 4. The predicted octanol–water partition coefficient (Wildman–Crippen LogP) is 2.87. The number of nitrogens with one attached hydrogen (secondary N) is 1. The van der Waals surface area contributed by atoms with Crippen LogP contribution in [0.3, 0.4) is 0 Å². The molecule has 2 aromatic carbocycles. The number of hydrogen-bond donors (Lipinski definition) is 2. The molecule has 112 valence electrons. The van der Waals surface area contributed by atoms with Crippen LogP contribution < -0.4 is 11.1 Å². The zero-order valence-corrected chi connectivity index (χ0v) is 14.6. The highest BCUT2D eigenvalue weighted by atomic mass is 127. The molecule has 0 aliphatic heterocycles. The van der Waals surface area contributed by atoms with Gasteiger partial charge in [0.15, 0.2) is 0 Å². The maximum Gasteiger partial charge on any atom is 0.242 e. The van der Waals surface area contributed by atoms with Crippen molar-refractivity contribution in [2.24, 2.45) is 0 Å². The SMILES string of the molecule is CN(C)S(=O)(=O)c1ccc(N)c(Nc2ccc(I)cc2)c1. The third kappa shape index (κ3) is 3.66. The Hall–Kier alpha value is -1.32. The van der Waals surface area contributed by atoms with E-state index >= 15 is 0 Å². The monoisotopic (exact) mass is 417 g/mol. The molecule has 0 saturated carbocycles. The van der Waals surface area contributed by atoms with Gasteiger partial charge in [-0.05, 0) is 65.1 Å². The lowest BCUT2D eigenvalue weighted by molar-refractivity contribution is 0.521. The summed E-state index contributed by atoms with van der Waals surface area (Å²) in [5, 5.41) is 3.14.